The molecule has 0 aliphatic heterocycles. The molecule has 0 spiro atoms. The Morgan fingerprint density at radius 2 is 1.67 bits per heavy atom. The van der Waals surface area contributed by atoms with Crippen LogP contribution in [-0.2, 0) is 29.1 Å². The SMILES string of the molecule is CC(=O)Nc1ccc(S(=O)(=O)N(C)CC(=O)OCC(=O)NC(C)(C)C)cc1. The average Bonchev–Trinajstić information content (AvgIpc) is 2.51. The number of anilines is 1. The topological polar surface area (TPSA) is 122 Å². The summed E-state index contributed by atoms with van der Waals surface area (Å²) in [4.78, 5) is 34.4. The van der Waals surface area contributed by atoms with Crippen LogP contribution in [-0.4, -0.2) is 56.2 Å². The van der Waals surface area contributed by atoms with Crippen molar-refractivity contribution >= 4 is 33.5 Å². The molecule has 1 rings (SSSR count). The van der Waals surface area contributed by atoms with E-state index in [1.165, 1.54) is 38.2 Å². The number of esters is 1. The van der Waals surface area contributed by atoms with Gasteiger partial charge in [-0.25, -0.2) is 8.42 Å². The summed E-state index contributed by atoms with van der Waals surface area (Å²) in [5.74, 6) is -1.60. The Morgan fingerprint density at radius 1 is 1.11 bits per heavy atom. The summed E-state index contributed by atoms with van der Waals surface area (Å²) >= 11 is 0. The number of benzene rings is 1. The Kier molecular flexibility index (Phi) is 7.49. The number of hydrogen-bond donors (Lipinski definition) is 2. The Labute approximate surface area is 159 Å². The van der Waals surface area contributed by atoms with E-state index in [0.29, 0.717) is 5.69 Å². The van der Waals surface area contributed by atoms with Gasteiger partial charge in [0.1, 0.15) is 6.54 Å². The average molecular weight is 399 g/mol. The van der Waals surface area contributed by atoms with Crippen LogP contribution in [0.3, 0.4) is 0 Å². The van der Waals surface area contributed by atoms with E-state index >= 15 is 0 Å². The molecule has 2 amide bonds. The van der Waals surface area contributed by atoms with Crippen molar-refractivity contribution in [1.82, 2.24) is 9.62 Å². The summed E-state index contributed by atoms with van der Waals surface area (Å²) < 4.78 is 30.6. The quantitative estimate of drug-likeness (QED) is 0.652. The first-order valence-electron chi connectivity index (χ1n) is 8.12. The number of hydrogen-bond acceptors (Lipinski definition) is 6. The molecule has 0 aromatic heterocycles. The van der Waals surface area contributed by atoms with E-state index < -0.39 is 40.6 Å². The lowest BCUT2D eigenvalue weighted by atomic mass is 10.1. The Balaban J connectivity index is 2.66. The second kappa shape index (κ2) is 8.96. The third kappa shape index (κ3) is 7.75. The fourth-order valence-electron chi connectivity index (χ4n) is 2.01. The summed E-state index contributed by atoms with van der Waals surface area (Å²) in [7, 11) is -2.70. The molecule has 10 heteroatoms. The van der Waals surface area contributed by atoms with E-state index in [4.69, 9.17) is 4.74 Å². The number of likely N-dealkylation sites (N-methyl/N-ethyl adjacent to an activating group) is 1. The van der Waals surface area contributed by atoms with E-state index in [9.17, 15) is 22.8 Å². The molecule has 0 aliphatic rings. The molecular formula is C17H25N3O6S. The van der Waals surface area contributed by atoms with Crippen molar-refractivity contribution in [2.45, 2.75) is 38.1 Å². The minimum absolute atomic E-state index is 0.0441. The second-order valence-electron chi connectivity index (χ2n) is 6.93. The summed E-state index contributed by atoms with van der Waals surface area (Å²) in [5, 5.41) is 5.15. The minimum Gasteiger partial charge on any atom is -0.455 e. The van der Waals surface area contributed by atoms with Crippen molar-refractivity contribution in [3.63, 3.8) is 0 Å². The van der Waals surface area contributed by atoms with Crippen LogP contribution < -0.4 is 10.6 Å². The van der Waals surface area contributed by atoms with Crippen LogP contribution >= 0.6 is 0 Å². The van der Waals surface area contributed by atoms with Gasteiger partial charge in [0.05, 0.1) is 4.90 Å². The zero-order valence-electron chi connectivity index (χ0n) is 16.0. The van der Waals surface area contributed by atoms with Gasteiger partial charge in [-0.1, -0.05) is 0 Å². The van der Waals surface area contributed by atoms with E-state index in [1.54, 1.807) is 20.8 Å². The molecule has 0 atom stereocenters. The number of amides is 2. The molecule has 0 bridgehead atoms. The number of nitrogens with one attached hydrogen (secondary N) is 2. The molecule has 150 valence electrons. The molecule has 0 saturated heterocycles. The maximum absolute atomic E-state index is 12.5. The van der Waals surface area contributed by atoms with Crippen molar-refractivity contribution < 1.29 is 27.5 Å². The normalized spacial score (nSPS) is 11.8. The van der Waals surface area contributed by atoms with Gasteiger partial charge in [-0.15, -0.1) is 0 Å². The van der Waals surface area contributed by atoms with Gasteiger partial charge in [-0.2, -0.15) is 4.31 Å². The summed E-state index contributed by atoms with van der Waals surface area (Å²) in [5.41, 5.74) is -0.0130. The highest BCUT2D eigenvalue weighted by atomic mass is 32.2. The fraction of sp³-hybridized carbons (Fsp3) is 0.471. The lowest BCUT2D eigenvalue weighted by Gasteiger charge is -2.20. The molecule has 0 saturated carbocycles. The van der Waals surface area contributed by atoms with Crippen LogP contribution in [0.1, 0.15) is 27.7 Å². The Bertz CT molecular complexity index is 797. The highest BCUT2D eigenvalue weighted by Gasteiger charge is 2.24. The molecule has 0 aliphatic carbocycles. The zero-order valence-corrected chi connectivity index (χ0v) is 16.8. The van der Waals surface area contributed by atoms with Crippen LogP contribution in [0.2, 0.25) is 0 Å². The number of sulfonamides is 1. The largest absolute Gasteiger partial charge is 0.455 e. The van der Waals surface area contributed by atoms with E-state index in [-0.39, 0.29) is 10.8 Å². The highest BCUT2D eigenvalue weighted by molar-refractivity contribution is 7.89. The molecule has 1 aromatic carbocycles. The maximum atomic E-state index is 12.5. The lowest BCUT2D eigenvalue weighted by molar-refractivity contribution is -0.148. The number of nitrogens with zero attached hydrogens (tertiary/aromatic N) is 1. The van der Waals surface area contributed by atoms with Gasteiger partial charge in [0.15, 0.2) is 6.61 Å². The van der Waals surface area contributed by atoms with Crippen LogP contribution in [0.5, 0.6) is 0 Å². The number of carbonyl (C=O) groups excluding carboxylic acids is 3. The van der Waals surface area contributed by atoms with Crippen LogP contribution in [0.25, 0.3) is 0 Å². The molecule has 27 heavy (non-hydrogen) atoms. The van der Waals surface area contributed by atoms with Gasteiger partial charge < -0.3 is 15.4 Å². The molecule has 0 radical (unpaired) electrons. The zero-order chi connectivity index (χ0) is 20.8. The number of carbonyl (C=O) groups is 3. The Hall–Kier alpha value is -2.46. The summed E-state index contributed by atoms with van der Waals surface area (Å²) in [6.07, 6.45) is 0. The van der Waals surface area contributed by atoms with Crippen LogP contribution in [0.15, 0.2) is 29.2 Å². The number of ether oxygens (including phenoxy) is 1. The first-order valence-corrected chi connectivity index (χ1v) is 9.56. The predicted molar refractivity (Wildman–Crippen MR) is 99.4 cm³/mol. The van der Waals surface area contributed by atoms with Gasteiger partial charge in [0, 0.05) is 25.2 Å². The van der Waals surface area contributed by atoms with Gasteiger partial charge in [0.2, 0.25) is 15.9 Å². The minimum atomic E-state index is -3.93. The van der Waals surface area contributed by atoms with Crippen molar-refractivity contribution in [2.24, 2.45) is 0 Å². The smallest absolute Gasteiger partial charge is 0.321 e. The maximum Gasteiger partial charge on any atom is 0.321 e. The second-order valence-corrected chi connectivity index (χ2v) is 8.97. The summed E-state index contributed by atoms with van der Waals surface area (Å²) in [6, 6.07) is 5.52. The molecule has 0 unspecified atom stereocenters. The first kappa shape index (κ1) is 22.6. The van der Waals surface area contributed by atoms with Crippen molar-refractivity contribution in [2.75, 3.05) is 25.5 Å². The highest BCUT2D eigenvalue weighted by Crippen LogP contribution is 2.17. The monoisotopic (exact) mass is 399 g/mol. The molecule has 0 heterocycles. The molecule has 1 aromatic rings. The molecule has 2 N–H and O–H groups in total. The van der Waals surface area contributed by atoms with E-state index in [2.05, 4.69) is 10.6 Å². The van der Waals surface area contributed by atoms with E-state index in [0.717, 1.165) is 4.31 Å². The van der Waals surface area contributed by atoms with Crippen LogP contribution in [0.4, 0.5) is 5.69 Å². The van der Waals surface area contributed by atoms with Crippen molar-refractivity contribution in [3.05, 3.63) is 24.3 Å². The lowest BCUT2D eigenvalue weighted by Crippen LogP contribution is -2.43. The Morgan fingerprint density at radius 3 is 2.15 bits per heavy atom. The molecule has 0 fully saturated rings. The molecule has 9 nitrogen and oxygen atoms in total. The number of rotatable bonds is 7. The first-order chi connectivity index (χ1) is 12.3. The summed E-state index contributed by atoms with van der Waals surface area (Å²) in [6.45, 7) is 5.65. The standard InChI is InChI=1S/C17H25N3O6S/c1-12(21)18-13-6-8-14(9-7-13)27(24,25)20(5)10-16(23)26-11-15(22)19-17(2,3)4/h6-9H,10-11H2,1-5H3,(H,18,21)(H,19,22). The molecular weight excluding hydrogens is 374 g/mol. The predicted octanol–water partition coefficient (Wildman–Crippen LogP) is 0.723. The third-order valence-electron chi connectivity index (χ3n) is 3.11. The van der Waals surface area contributed by atoms with Crippen molar-refractivity contribution in [1.29, 1.82) is 0 Å². The van der Waals surface area contributed by atoms with E-state index in [1.807, 2.05) is 0 Å². The van der Waals surface area contributed by atoms with Gasteiger partial charge in [-0.3, -0.25) is 14.4 Å². The third-order valence-corrected chi connectivity index (χ3v) is 4.93. The van der Waals surface area contributed by atoms with Gasteiger partial charge >= 0.3 is 5.97 Å². The van der Waals surface area contributed by atoms with Crippen molar-refractivity contribution in [3.8, 4) is 0 Å². The van der Waals surface area contributed by atoms with Crippen LogP contribution in [0, 0.1) is 0 Å². The fourth-order valence-corrected chi connectivity index (χ4v) is 3.12. The van der Waals surface area contributed by atoms with Gasteiger partial charge in [-0.05, 0) is 45.0 Å². The van der Waals surface area contributed by atoms with Gasteiger partial charge in [0.25, 0.3) is 5.91 Å².